The summed E-state index contributed by atoms with van der Waals surface area (Å²) in [6.45, 7) is 6.97. The zero-order valence-electron chi connectivity index (χ0n) is 12.5. The highest BCUT2D eigenvalue weighted by Crippen LogP contribution is 2.28. The van der Waals surface area contributed by atoms with Gasteiger partial charge in [0.05, 0.1) is 17.8 Å². The van der Waals surface area contributed by atoms with Crippen molar-refractivity contribution in [3.63, 3.8) is 0 Å². The van der Waals surface area contributed by atoms with E-state index in [4.69, 9.17) is 10.5 Å². The van der Waals surface area contributed by atoms with E-state index < -0.39 is 0 Å². The van der Waals surface area contributed by atoms with Crippen molar-refractivity contribution in [2.45, 2.75) is 32.4 Å². The summed E-state index contributed by atoms with van der Waals surface area (Å²) in [4.78, 5) is 2.44. The monoisotopic (exact) mass is 266 g/mol. The maximum Gasteiger partial charge on any atom is 0.0724 e. The Labute approximate surface area is 115 Å². The molecule has 0 saturated carbocycles. The molecule has 19 heavy (non-hydrogen) atoms. The van der Waals surface area contributed by atoms with Gasteiger partial charge in [-0.15, -0.1) is 0 Å². The van der Waals surface area contributed by atoms with Gasteiger partial charge in [0, 0.05) is 39.0 Å². The van der Waals surface area contributed by atoms with Crippen LogP contribution in [0, 0.1) is 12.8 Å². The largest absolute Gasteiger partial charge is 0.380 e. The minimum Gasteiger partial charge on any atom is -0.380 e. The first-order valence-electron chi connectivity index (χ1n) is 7.03. The van der Waals surface area contributed by atoms with Crippen molar-refractivity contribution in [3.05, 3.63) is 17.5 Å². The van der Waals surface area contributed by atoms with Gasteiger partial charge in [0.1, 0.15) is 0 Å². The minimum atomic E-state index is 0.249. The lowest BCUT2D eigenvalue weighted by molar-refractivity contribution is -0.0184. The summed E-state index contributed by atoms with van der Waals surface area (Å²) in [5.41, 5.74) is 8.34. The molecule has 1 saturated heterocycles. The quantitative estimate of drug-likeness (QED) is 0.886. The SMILES string of the molecule is COC1CN(C(CN)c2cn(C)nc2C)CCC1C. The van der Waals surface area contributed by atoms with Crippen LogP contribution in [0.4, 0.5) is 0 Å². The van der Waals surface area contributed by atoms with Crippen LogP contribution in [-0.4, -0.2) is 47.5 Å². The Morgan fingerprint density at radius 1 is 1.58 bits per heavy atom. The standard InChI is InChI=1S/C14H26N4O/c1-10-5-6-18(9-14(10)19-4)13(7-15)12-8-17(3)16-11(12)2/h8,10,13-14H,5-7,9,15H2,1-4H3. The van der Waals surface area contributed by atoms with E-state index in [1.54, 1.807) is 7.11 Å². The first-order valence-corrected chi connectivity index (χ1v) is 7.03. The van der Waals surface area contributed by atoms with Crippen molar-refractivity contribution >= 4 is 0 Å². The lowest BCUT2D eigenvalue weighted by Crippen LogP contribution is -2.47. The molecule has 1 aromatic heterocycles. The summed E-state index contributed by atoms with van der Waals surface area (Å²) < 4.78 is 7.47. The fraction of sp³-hybridized carbons (Fsp3) is 0.786. The van der Waals surface area contributed by atoms with Crippen molar-refractivity contribution in [2.75, 3.05) is 26.7 Å². The van der Waals surface area contributed by atoms with E-state index in [-0.39, 0.29) is 6.04 Å². The molecule has 0 aromatic carbocycles. The molecule has 1 aromatic rings. The first kappa shape index (κ1) is 14.5. The van der Waals surface area contributed by atoms with Gasteiger partial charge in [-0.2, -0.15) is 5.10 Å². The van der Waals surface area contributed by atoms with Crippen LogP contribution in [0.15, 0.2) is 6.20 Å². The molecule has 1 aliphatic rings. The van der Waals surface area contributed by atoms with Crippen molar-refractivity contribution < 1.29 is 4.74 Å². The highest BCUT2D eigenvalue weighted by Gasteiger charge is 2.31. The molecule has 5 nitrogen and oxygen atoms in total. The summed E-state index contributed by atoms with van der Waals surface area (Å²) >= 11 is 0. The Morgan fingerprint density at radius 3 is 2.84 bits per heavy atom. The van der Waals surface area contributed by atoms with Gasteiger partial charge in [0.2, 0.25) is 0 Å². The van der Waals surface area contributed by atoms with Gasteiger partial charge in [-0.1, -0.05) is 6.92 Å². The zero-order valence-corrected chi connectivity index (χ0v) is 12.5. The van der Waals surface area contributed by atoms with Crippen LogP contribution in [0.2, 0.25) is 0 Å². The second-order valence-corrected chi connectivity index (χ2v) is 5.63. The van der Waals surface area contributed by atoms with E-state index in [1.807, 2.05) is 11.7 Å². The number of nitrogens with zero attached hydrogens (tertiary/aromatic N) is 3. The topological polar surface area (TPSA) is 56.3 Å². The van der Waals surface area contributed by atoms with Crippen LogP contribution < -0.4 is 5.73 Å². The third-order valence-electron chi connectivity index (χ3n) is 4.30. The predicted molar refractivity (Wildman–Crippen MR) is 75.9 cm³/mol. The third kappa shape index (κ3) is 2.99. The second-order valence-electron chi connectivity index (χ2n) is 5.63. The van der Waals surface area contributed by atoms with E-state index in [0.29, 0.717) is 18.6 Å². The molecule has 108 valence electrons. The van der Waals surface area contributed by atoms with Gasteiger partial charge in [-0.05, 0) is 25.8 Å². The predicted octanol–water partition coefficient (Wildman–Crippen LogP) is 1.09. The van der Waals surface area contributed by atoms with Gasteiger partial charge >= 0.3 is 0 Å². The van der Waals surface area contributed by atoms with Gasteiger partial charge in [0.15, 0.2) is 0 Å². The number of methoxy groups -OCH3 is 1. The van der Waals surface area contributed by atoms with E-state index in [9.17, 15) is 0 Å². The zero-order chi connectivity index (χ0) is 14.0. The molecule has 5 heteroatoms. The Kier molecular flexibility index (Phi) is 4.60. The smallest absolute Gasteiger partial charge is 0.0724 e. The minimum absolute atomic E-state index is 0.249. The highest BCUT2D eigenvalue weighted by atomic mass is 16.5. The summed E-state index contributed by atoms with van der Waals surface area (Å²) in [6, 6.07) is 0.249. The number of aryl methyl sites for hydroxylation is 2. The Hall–Kier alpha value is -0.910. The van der Waals surface area contributed by atoms with Crippen LogP contribution >= 0.6 is 0 Å². The van der Waals surface area contributed by atoms with Crippen LogP contribution in [0.25, 0.3) is 0 Å². The van der Waals surface area contributed by atoms with Crippen LogP contribution in [-0.2, 0) is 11.8 Å². The number of piperidine rings is 1. The van der Waals surface area contributed by atoms with E-state index in [2.05, 4.69) is 30.0 Å². The van der Waals surface area contributed by atoms with E-state index >= 15 is 0 Å². The average molecular weight is 266 g/mol. The average Bonchev–Trinajstić information content (AvgIpc) is 2.71. The van der Waals surface area contributed by atoms with Gasteiger partial charge < -0.3 is 10.5 Å². The number of nitrogens with two attached hydrogens (primary N) is 1. The molecule has 0 amide bonds. The van der Waals surface area contributed by atoms with Crippen molar-refractivity contribution in [1.82, 2.24) is 14.7 Å². The lowest BCUT2D eigenvalue weighted by atomic mass is 9.93. The number of likely N-dealkylation sites (tertiary alicyclic amines) is 1. The van der Waals surface area contributed by atoms with E-state index in [0.717, 1.165) is 25.2 Å². The molecule has 2 rings (SSSR count). The lowest BCUT2D eigenvalue weighted by Gasteiger charge is -2.40. The van der Waals surface area contributed by atoms with Crippen molar-refractivity contribution in [3.8, 4) is 0 Å². The molecule has 0 bridgehead atoms. The Balaban J connectivity index is 2.16. The summed E-state index contributed by atoms with van der Waals surface area (Å²) in [7, 11) is 3.76. The first-order chi connectivity index (χ1) is 9.06. The number of hydrogen-bond donors (Lipinski definition) is 1. The number of aromatic nitrogens is 2. The molecule has 0 aliphatic carbocycles. The molecule has 3 unspecified atom stereocenters. The molecular formula is C14H26N4O. The van der Waals surface area contributed by atoms with Gasteiger partial charge in [-0.3, -0.25) is 9.58 Å². The number of hydrogen-bond acceptors (Lipinski definition) is 4. The number of rotatable bonds is 4. The third-order valence-corrected chi connectivity index (χ3v) is 4.30. The molecule has 3 atom stereocenters. The van der Waals surface area contributed by atoms with Gasteiger partial charge in [-0.25, -0.2) is 0 Å². The van der Waals surface area contributed by atoms with E-state index in [1.165, 1.54) is 5.56 Å². The highest BCUT2D eigenvalue weighted by molar-refractivity contribution is 5.21. The normalized spacial score (nSPS) is 26.6. The molecule has 2 N–H and O–H groups in total. The molecule has 0 radical (unpaired) electrons. The Morgan fingerprint density at radius 2 is 2.32 bits per heavy atom. The second kappa shape index (κ2) is 6.03. The maximum atomic E-state index is 6.02. The molecule has 2 heterocycles. The van der Waals surface area contributed by atoms with Crippen molar-refractivity contribution in [2.24, 2.45) is 18.7 Å². The summed E-state index contributed by atoms with van der Waals surface area (Å²) in [5, 5.41) is 4.43. The maximum absolute atomic E-state index is 6.02. The molecule has 1 aliphatic heterocycles. The van der Waals surface area contributed by atoms with Crippen molar-refractivity contribution in [1.29, 1.82) is 0 Å². The van der Waals surface area contributed by atoms with Crippen LogP contribution in [0.5, 0.6) is 0 Å². The molecule has 1 fully saturated rings. The molecule has 0 spiro atoms. The fourth-order valence-electron chi connectivity index (χ4n) is 3.07. The van der Waals surface area contributed by atoms with Crippen LogP contribution in [0.3, 0.4) is 0 Å². The molecular weight excluding hydrogens is 240 g/mol. The summed E-state index contributed by atoms with van der Waals surface area (Å²) in [5.74, 6) is 0.620. The van der Waals surface area contributed by atoms with Gasteiger partial charge in [0.25, 0.3) is 0 Å². The summed E-state index contributed by atoms with van der Waals surface area (Å²) in [6.07, 6.45) is 3.56. The number of ether oxygens (including phenoxy) is 1. The fourth-order valence-corrected chi connectivity index (χ4v) is 3.07. The van der Waals surface area contributed by atoms with Crippen LogP contribution in [0.1, 0.15) is 30.6 Å². The Bertz CT molecular complexity index is 418.